The molecular formula is C15H21ClN2O2. The van der Waals surface area contributed by atoms with E-state index >= 15 is 0 Å². The Hall–Kier alpha value is -1.26. The van der Waals surface area contributed by atoms with E-state index < -0.39 is 0 Å². The van der Waals surface area contributed by atoms with Gasteiger partial charge in [-0.15, -0.1) is 0 Å². The fourth-order valence-electron chi connectivity index (χ4n) is 2.47. The zero-order valence-electron chi connectivity index (χ0n) is 11.5. The van der Waals surface area contributed by atoms with Crippen LogP contribution >= 0.6 is 11.6 Å². The molecule has 110 valence electrons. The molecule has 0 radical (unpaired) electrons. The largest absolute Gasteiger partial charge is 0.482 e. The minimum Gasteiger partial charge on any atom is -0.482 e. The predicted molar refractivity (Wildman–Crippen MR) is 80.1 cm³/mol. The van der Waals surface area contributed by atoms with E-state index in [0.29, 0.717) is 23.4 Å². The van der Waals surface area contributed by atoms with Crippen molar-refractivity contribution in [1.29, 1.82) is 0 Å². The molecule has 0 spiro atoms. The second-order valence-corrected chi connectivity index (χ2v) is 5.55. The van der Waals surface area contributed by atoms with E-state index in [-0.39, 0.29) is 12.5 Å². The van der Waals surface area contributed by atoms with Crippen LogP contribution in [0.25, 0.3) is 0 Å². The molecule has 0 saturated heterocycles. The number of carbonyl (C=O) groups excluding carboxylic acids is 1. The highest BCUT2D eigenvalue weighted by Crippen LogP contribution is 2.25. The maximum atomic E-state index is 11.8. The third kappa shape index (κ3) is 4.39. The van der Waals surface area contributed by atoms with Crippen molar-refractivity contribution in [3.63, 3.8) is 0 Å². The van der Waals surface area contributed by atoms with Crippen molar-refractivity contribution in [2.24, 2.45) is 5.73 Å². The summed E-state index contributed by atoms with van der Waals surface area (Å²) in [5.74, 6) is 0.452. The molecule has 20 heavy (non-hydrogen) atoms. The highest BCUT2D eigenvalue weighted by Gasteiger charge is 2.17. The number of benzene rings is 1. The molecule has 5 heteroatoms. The maximum Gasteiger partial charge on any atom is 0.258 e. The number of nitrogens with two attached hydrogens (primary N) is 1. The fourth-order valence-corrected chi connectivity index (χ4v) is 2.72. The molecule has 4 nitrogen and oxygen atoms in total. The minimum atomic E-state index is -0.0843. The third-order valence-electron chi connectivity index (χ3n) is 3.51. The van der Waals surface area contributed by atoms with Gasteiger partial charge in [-0.2, -0.15) is 0 Å². The average molecular weight is 297 g/mol. The SMILES string of the molecule is NCCc1ccc(OCC(=O)NC2CCCC2)c(Cl)c1. The summed E-state index contributed by atoms with van der Waals surface area (Å²) < 4.78 is 5.47. The van der Waals surface area contributed by atoms with Gasteiger partial charge < -0.3 is 15.8 Å². The molecule has 0 unspecified atom stereocenters. The van der Waals surface area contributed by atoms with Gasteiger partial charge in [0.25, 0.3) is 5.91 Å². The van der Waals surface area contributed by atoms with Crippen molar-refractivity contribution in [1.82, 2.24) is 5.32 Å². The Kier molecular flexibility index (Phi) is 5.68. The van der Waals surface area contributed by atoms with E-state index in [1.807, 2.05) is 12.1 Å². The molecule has 1 fully saturated rings. The number of hydrogen-bond donors (Lipinski definition) is 2. The second-order valence-electron chi connectivity index (χ2n) is 5.14. The van der Waals surface area contributed by atoms with E-state index in [0.717, 1.165) is 24.8 Å². The molecule has 0 aromatic heterocycles. The molecule has 0 bridgehead atoms. The van der Waals surface area contributed by atoms with Crippen LogP contribution in [0.5, 0.6) is 5.75 Å². The molecule has 1 aliphatic rings. The number of halogens is 1. The van der Waals surface area contributed by atoms with Gasteiger partial charge in [0.1, 0.15) is 5.75 Å². The van der Waals surface area contributed by atoms with Crippen LogP contribution in [0, 0.1) is 0 Å². The number of nitrogens with one attached hydrogen (secondary N) is 1. The van der Waals surface area contributed by atoms with Gasteiger partial charge in [0, 0.05) is 6.04 Å². The third-order valence-corrected chi connectivity index (χ3v) is 3.80. The summed E-state index contributed by atoms with van der Waals surface area (Å²) in [6.45, 7) is 0.590. The second kappa shape index (κ2) is 7.50. The number of carbonyl (C=O) groups is 1. The van der Waals surface area contributed by atoms with Crippen LogP contribution in [0.15, 0.2) is 18.2 Å². The van der Waals surface area contributed by atoms with E-state index in [1.54, 1.807) is 6.07 Å². The van der Waals surface area contributed by atoms with Crippen molar-refractivity contribution in [3.8, 4) is 5.75 Å². The summed E-state index contributed by atoms with van der Waals surface area (Å²) in [6, 6.07) is 5.85. The zero-order chi connectivity index (χ0) is 14.4. The summed E-state index contributed by atoms with van der Waals surface area (Å²) >= 11 is 6.12. The average Bonchev–Trinajstić information content (AvgIpc) is 2.91. The number of rotatable bonds is 6. The topological polar surface area (TPSA) is 64.3 Å². The Morgan fingerprint density at radius 1 is 1.40 bits per heavy atom. The Labute approximate surface area is 124 Å². The van der Waals surface area contributed by atoms with Crippen LogP contribution in [0.3, 0.4) is 0 Å². The van der Waals surface area contributed by atoms with Crippen molar-refractivity contribution in [2.45, 2.75) is 38.1 Å². The first-order valence-corrected chi connectivity index (χ1v) is 7.47. The monoisotopic (exact) mass is 296 g/mol. The Morgan fingerprint density at radius 3 is 2.80 bits per heavy atom. The van der Waals surface area contributed by atoms with E-state index in [9.17, 15) is 4.79 Å². The van der Waals surface area contributed by atoms with Crippen LogP contribution in [-0.4, -0.2) is 25.1 Å². The first kappa shape index (κ1) is 15.1. The molecule has 0 aliphatic heterocycles. The molecule has 0 atom stereocenters. The molecule has 3 N–H and O–H groups in total. The Morgan fingerprint density at radius 2 is 2.15 bits per heavy atom. The summed E-state index contributed by atoms with van der Waals surface area (Å²) in [4.78, 5) is 11.8. The van der Waals surface area contributed by atoms with Crippen LogP contribution in [-0.2, 0) is 11.2 Å². The van der Waals surface area contributed by atoms with Crippen molar-refractivity contribution in [2.75, 3.05) is 13.2 Å². The Balaban J connectivity index is 1.82. The van der Waals surface area contributed by atoms with Crippen LogP contribution in [0.4, 0.5) is 0 Å². The van der Waals surface area contributed by atoms with Crippen molar-refractivity contribution >= 4 is 17.5 Å². The number of hydrogen-bond acceptors (Lipinski definition) is 3. The van der Waals surface area contributed by atoms with Gasteiger partial charge in [-0.05, 0) is 43.5 Å². The highest BCUT2D eigenvalue weighted by molar-refractivity contribution is 6.32. The maximum absolute atomic E-state index is 11.8. The van der Waals surface area contributed by atoms with Gasteiger partial charge in [0.05, 0.1) is 5.02 Å². The van der Waals surface area contributed by atoms with Gasteiger partial charge in [-0.25, -0.2) is 0 Å². The van der Waals surface area contributed by atoms with Crippen LogP contribution in [0.2, 0.25) is 5.02 Å². The van der Waals surface area contributed by atoms with Crippen molar-refractivity contribution < 1.29 is 9.53 Å². The van der Waals surface area contributed by atoms with Crippen molar-refractivity contribution in [3.05, 3.63) is 28.8 Å². The van der Waals surface area contributed by atoms with Crippen LogP contribution < -0.4 is 15.8 Å². The molecule has 0 heterocycles. The summed E-state index contributed by atoms with van der Waals surface area (Å²) in [6.07, 6.45) is 5.31. The predicted octanol–water partition coefficient (Wildman–Crippen LogP) is 2.28. The van der Waals surface area contributed by atoms with Gasteiger partial charge >= 0.3 is 0 Å². The van der Waals surface area contributed by atoms with E-state index in [1.165, 1.54) is 12.8 Å². The molecule has 1 aromatic carbocycles. The van der Waals surface area contributed by atoms with E-state index in [4.69, 9.17) is 22.1 Å². The summed E-state index contributed by atoms with van der Waals surface area (Å²) in [7, 11) is 0. The Bertz CT molecular complexity index is 459. The molecule has 2 rings (SSSR count). The lowest BCUT2D eigenvalue weighted by Gasteiger charge is -2.13. The highest BCUT2D eigenvalue weighted by atomic mass is 35.5. The smallest absolute Gasteiger partial charge is 0.258 e. The van der Waals surface area contributed by atoms with Gasteiger partial charge in [-0.1, -0.05) is 30.5 Å². The van der Waals surface area contributed by atoms with Crippen LogP contribution in [0.1, 0.15) is 31.2 Å². The lowest BCUT2D eigenvalue weighted by atomic mass is 10.1. The molecule has 1 saturated carbocycles. The molecule has 1 aliphatic carbocycles. The van der Waals surface area contributed by atoms with Gasteiger partial charge in [0.2, 0.25) is 0 Å². The molecular weight excluding hydrogens is 276 g/mol. The zero-order valence-corrected chi connectivity index (χ0v) is 12.3. The lowest BCUT2D eigenvalue weighted by Crippen LogP contribution is -2.36. The first-order valence-electron chi connectivity index (χ1n) is 7.09. The summed E-state index contributed by atoms with van der Waals surface area (Å²) in [5, 5.41) is 3.49. The minimum absolute atomic E-state index is 0.00640. The molecule has 1 amide bonds. The number of ether oxygens (including phenoxy) is 1. The fraction of sp³-hybridized carbons (Fsp3) is 0.533. The lowest BCUT2D eigenvalue weighted by molar-refractivity contribution is -0.123. The first-order chi connectivity index (χ1) is 9.69. The molecule has 1 aromatic rings. The summed E-state index contributed by atoms with van der Waals surface area (Å²) in [5.41, 5.74) is 6.57. The quantitative estimate of drug-likeness (QED) is 0.846. The van der Waals surface area contributed by atoms with Gasteiger partial charge in [-0.3, -0.25) is 4.79 Å². The van der Waals surface area contributed by atoms with Gasteiger partial charge in [0.15, 0.2) is 6.61 Å². The number of amides is 1. The van der Waals surface area contributed by atoms with E-state index in [2.05, 4.69) is 5.32 Å². The standard InChI is InChI=1S/C15H21ClN2O2/c16-13-9-11(7-8-17)5-6-14(13)20-10-15(19)18-12-3-1-2-4-12/h5-6,9,12H,1-4,7-8,10,17H2,(H,18,19). The normalized spacial score (nSPS) is 15.3.